The van der Waals surface area contributed by atoms with Gasteiger partial charge in [0.1, 0.15) is 11.6 Å². The monoisotopic (exact) mass is 257 g/mol. The molecule has 5 nitrogen and oxygen atoms in total. The zero-order valence-corrected chi connectivity index (χ0v) is 11.1. The van der Waals surface area contributed by atoms with Crippen LogP contribution in [0.25, 0.3) is 22.1 Å². The number of nitrogen functional groups attached to an aromatic ring is 1. The lowest BCUT2D eigenvalue weighted by Gasteiger charge is -2.05. The number of rotatable bonds is 2. The van der Waals surface area contributed by atoms with Gasteiger partial charge in [-0.3, -0.25) is 4.68 Å². The Morgan fingerprint density at radius 2 is 2.11 bits per heavy atom. The highest BCUT2D eigenvalue weighted by Gasteiger charge is 2.16. The van der Waals surface area contributed by atoms with Crippen molar-refractivity contribution in [3.63, 3.8) is 0 Å². The van der Waals surface area contributed by atoms with Crippen LogP contribution in [0.5, 0.6) is 5.75 Å². The van der Waals surface area contributed by atoms with Crippen LogP contribution in [-0.4, -0.2) is 16.9 Å². The van der Waals surface area contributed by atoms with E-state index in [0.717, 1.165) is 27.9 Å². The zero-order valence-electron chi connectivity index (χ0n) is 11.1. The molecule has 0 aliphatic heterocycles. The Bertz CT molecular complexity index is 755. The van der Waals surface area contributed by atoms with Gasteiger partial charge in [-0.15, -0.1) is 0 Å². The molecule has 2 heterocycles. The molecule has 3 rings (SSSR count). The van der Waals surface area contributed by atoms with Crippen molar-refractivity contribution in [1.82, 2.24) is 9.78 Å². The van der Waals surface area contributed by atoms with Crippen LogP contribution in [-0.2, 0) is 7.05 Å². The minimum atomic E-state index is 0.630. The van der Waals surface area contributed by atoms with Crippen molar-refractivity contribution in [3.05, 3.63) is 30.2 Å². The second-order valence-corrected chi connectivity index (χ2v) is 4.48. The first-order chi connectivity index (χ1) is 9.11. The van der Waals surface area contributed by atoms with Gasteiger partial charge in [0.25, 0.3) is 0 Å². The van der Waals surface area contributed by atoms with Gasteiger partial charge in [0.2, 0.25) is 0 Å². The predicted octanol–water partition coefficient (Wildman–Crippen LogP) is 2.73. The average Bonchev–Trinajstić information content (AvgIpc) is 2.93. The Kier molecular flexibility index (Phi) is 2.48. The number of fused-ring (bicyclic) bond motifs is 1. The molecule has 0 saturated heterocycles. The first-order valence-corrected chi connectivity index (χ1v) is 5.97. The Morgan fingerprint density at radius 3 is 2.74 bits per heavy atom. The van der Waals surface area contributed by atoms with Crippen molar-refractivity contribution in [2.75, 3.05) is 12.8 Å². The van der Waals surface area contributed by atoms with Crippen LogP contribution < -0.4 is 10.5 Å². The third-order valence-corrected chi connectivity index (χ3v) is 3.27. The Balaban J connectivity index is 2.33. The molecule has 0 fully saturated rings. The zero-order chi connectivity index (χ0) is 13.6. The Labute approximate surface area is 110 Å². The molecule has 0 radical (unpaired) electrons. The van der Waals surface area contributed by atoms with E-state index in [4.69, 9.17) is 14.9 Å². The van der Waals surface area contributed by atoms with Crippen molar-refractivity contribution >= 4 is 16.8 Å². The maximum absolute atomic E-state index is 6.04. The van der Waals surface area contributed by atoms with Crippen molar-refractivity contribution in [2.45, 2.75) is 6.92 Å². The van der Waals surface area contributed by atoms with Crippen molar-refractivity contribution in [3.8, 4) is 16.9 Å². The van der Waals surface area contributed by atoms with Gasteiger partial charge < -0.3 is 14.9 Å². The number of anilines is 1. The highest BCUT2D eigenvalue weighted by molar-refractivity contribution is 5.99. The number of nitrogens with zero attached hydrogens (tertiary/aromatic N) is 2. The van der Waals surface area contributed by atoms with Gasteiger partial charge in [-0.25, -0.2) is 0 Å². The number of hydrogen-bond acceptors (Lipinski definition) is 4. The van der Waals surface area contributed by atoms with Crippen LogP contribution in [0, 0.1) is 6.92 Å². The summed E-state index contributed by atoms with van der Waals surface area (Å²) in [4.78, 5) is 0. The molecule has 0 saturated carbocycles. The molecule has 98 valence electrons. The molecule has 0 aliphatic rings. The average molecular weight is 257 g/mol. The molecule has 0 bridgehead atoms. The van der Waals surface area contributed by atoms with E-state index >= 15 is 0 Å². The molecule has 0 spiro atoms. The minimum Gasteiger partial charge on any atom is -0.493 e. The fourth-order valence-electron chi connectivity index (χ4n) is 2.27. The summed E-state index contributed by atoms with van der Waals surface area (Å²) < 4.78 is 12.7. The molecule has 19 heavy (non-hydrogen) atoms. The summed E-state index contributed by atoms with van der Waals surface area (Å²) in [5, 5.41) is 5.16. The van der Waals surface area contributed by atoms with Crippen LogP contribution in [0.4, 0.5) is 5.82 Å². The summed E-state index contributed by atoms with van der Waals surface area (Å²) in [5.74, 6) is 2.18. The molecule has 0 amide bonds. The third kappa shape index (κ3) is 1.66. The largest absolute Gasteiger partial charge is 0.493 e. The third-order valence-electron chi connectivity index (χ3n) is 3.27. The highest BCUT2D eigenvalue weighted by Crippen LogP contribution is 2.38. The maximum atomic E-state index is 6.04. The normalized spacial score (nSPS) is 11.1. The standard InChI is InChI=1S/C14H15N3O2/c1-8-6-10-9(11-7-16-17(2)14(11)15)4-5-12(18-3)13(10)19-8/h4-7H,15H2,1-3H3. The second kappa shape index (κ2) is 4.05. The number of aryl methyl sites for hydroxylation is 2. The molecular weight excluding hydrogens is 242 g/mol. The summed E-state index contributed by atoms with van der Waals surface area (Å²) in [6.45, 7) is 1.91. The molecule has 2 N–H and O–H groups in total. The van der Waals surface area contributed by atoms with Gasteiger partial charge in [-0.2, -0.15) is 5.10 Å². The number of nitrogens with two attached hydrogens (primary N) is 1. The summed E-state index contributed by atoms with van der Waals surface area (Å²) >= 11 is 0. The Morgan fingerprint density at radius 1 is 1.32 bits per heavy atom. The lowest BCUT2D eigenvalue weighted by atomic mass is 10.0. The molecule has 1 aromatic carbocycles. The van der Waals surface area contributed by atoms with Gasteiger partial charge in [0.05, 0.1) is 13.3 Å². The van der Waals surface area contributed by atoms with Crippen LogP contribution in [0.3, 0.4) is 0 Å². The van der Waals surface area contributed by atoms with Gasteiger partial charge in [-0.1, -0.05) is 0 Å². The smallest absolute Gasteiger partial charge is 0.176 e. The number of furan rings is 1. The number of hydrogen-bond donors (Lipinski definition) is 1. The van der Waals surface area contributed by atoms with Crippen LogP contribution in [0.2, 0.25) is 0 Å². The van der Waals surface area contributed by atoms with E-state index in [-0.39, 0.29) is 0 Å². The molecule has 3 aromatic rings. The van der Waals surface area contributed by atoms with Crippen molar-refractivity contribution in [1.29, 1.82) is 0 Å². The number of benzene rings is 1. The highest BCUT2D eigenvalue weighted by atomic mass is 16.5. The molecule has 0 unspecified atom stereocenters. The van der Waals surface area contributed by atoms with E-state index < -0.39 is 0 Å². The van der Waals surface area contributed by atoms with Crippen LogP contribution >= 0.6 is 0 Å². The lowest BCUT2D eigenvalue weighted by molar-refractivity contribution is 0.409. The predicted molar refractivity (Wildman–Crippen MR) is 74.1 cm³/mol. The first-order valence-electron chi connectivity index (χ1n) is 5.97. The summed E-state index contributed by atoms with van der Waals surface area (Å²) in [6.07, 6.45) is 1.76. The molecule has 2 aromatic heterocycles. The summed E-state index contributed by atoms with van der Waals surface area (Å²) in [5.41, 5.74) is 8.68. The number of aromatic nitrogens is 2. The second-order valence-electron chi connectivity index (χ2n) is 4.48. The Hall–Kier alpha value is -2.43. The SMILES string of the molecule is COc1ccc(-c2cnn(C)c2N)c2cc(C)oc12. The fraction of sp³-hybridized carbons (Fsp3) is 0.214. The maximum Gasteiger partial charge on any atom is 0.176 e. The number of ether oxygens (including phenoxy) is 1. The van der Waals surface area contributed by atoms with Gasteiger partial charge in [0.15, 0.2) is 11.3 Å². The topological polar surface area (TPSA) is 66.2 Å². The first kappa shape index (κ1) is 11.6. The van der Waals surface area contributed by atoms with Crippen LogP contribution in [0.1, 0.15) is 5.76 Å². The van der Waals surface area contributed by atoms with E-state index in [2.05, 4.69) is 5.10 Å². The molecule has 0 aliphatic carbocycles. The van der Waals surface area contributed by atoms with Crippen LogP contribution in [0.15, 0.2) is 28.8 Å². The molecule has 5 heteroatoms. The molecular formula is C14H15N3O2. The van der Waals surface area contributed by atoms with Crippen molar-refractivity contribution < 1.29 is 9.15 Å². The lowest BCUT2D eigenvalue weighted by Crippen LogP contribution is -1.98. The van der Waals surface area contributed by atoms with Gasteiger partial charge in [-0.05, 0) is 30.7 Å². The van der Waals surface area contributed by atoms with Gasteiger partial charge >= 0.3 is 0 Å². The van der Waals surface area contributed by atoms with E-state index in [0.29, 0.717) is 11.6 Å². The number of methoxy groups -OCH3 is 1. The minimum absolute atomic E-state index is 0.630. The molecule has 0 atom stereocenters. The quantitative estimate of drug-likeness (QED) is 0.766. The fourth-order valence-corrected chi connectivity index (χ4v) is 2.27. The van der Waals surface area contributed by atoms with E-state index in [1.165, 1.54) is 0 Å². The van der Waals surface area contributed by atoms with Gasteiger partial charge in [0, 0.05) is 18.0 Å². The van der Waals surface area contributed by atoms with Crippen molar-refractivity contribution in [2.24, 2.45) is 7.05 Å². The van der Waals surface area contributed by atoms with E-state index in [9.17, 15) is 0 Å². The van der Waals surface area contributed by atoms with E-state index in [1.807, 2.05) is 32.2 Å². The summed E-state index contributed by atoms with van der Waals surface area (Å²) in [6, 6.07) is 5.84. The summed E-state index contributed by atoms with van der Waals surface area (Å²) in [7, 11) is 3.45. The van der Waals surface area contributed by atoms with E-state index in [1.54, 1.807) is 18.0 Å².